The number of anilines is 1. The molecule has 2 fully saturated rings. The van der Waals surface area contributed by atoms with Crippen LogP contribution in [0.1, 0.15) is 53.1 Å². The van der Waals surface area contributed by atoms with E-state index in [-0.39, 0.29) is 40.4 Å². The fourth-order valence-electron chi connectivity index (χ4n) is 5.71. The number of nitrogens with zero attached hydrogens (tertiary/aromatic N) is 4. The molecule has 0 aliphatic carbocycles. The largest absolute Gasteiger partial charge is 0.393 e. The number of hydrogen-bond donors (Lipinski definition) is 3. The minimum absolute atomic E-state index is 0.0290. The van der Waals surface area contributed by atoms with Gasteiger partial charge in [0.2, 0.25) is 16.0 Å². The van der Waals surface area contributed by atoms with Gasteiger partial charge in [0.1, 0.15) is 22.4 Å². The SMILES string of the molecule is Cc1c(S(=O)(=O)N2C3CCC2CC(O)(CO)C3)c2n(c1C(=O)Nc1cc(F)nc(C#N)c1)CC=C2. The van der Waals surface area contributed by atoms with Gasteiger partial charge in [0, 0.05) is 35.9 Å². The van der Waals surface area contributed by atoms with E-state index in [4.69, 9.17) is 5.26 Å². The maximum atomic E-state index is 14.0. The third-order valence-electron chi connectivity index (χ3n) is 7.05. The predicted octanol–water partition coefficient (Wildman–Crippen LogP) is 1.52. The Morgan fingerprint density at radius 3 is 2.66 bits per heavy atom. The quantitative estimate of drug-likeness (QED) is 0.526. The van der Waals surface area contributed by atoms with Crippen LogP contribution in [0.25, 0.3) is 6.08 Å². The number of carbonyl (C=O) groups is 1. The van der Waals surface area contributed by atoms with Crippen molar-refractivity contribution in [3.8, 4) is 6.07 Å². The first-order valence-corrected chi connectivity index (χ1v) is 12.7. The Morgan fingerprint density at radius 2 is 2.03 bits per heavy atom. The van der Waals surface area contributed by atoms with Crippen LogP contribution in [0.5, 0.6) is 0 Å². The summed E-state index contributed by atoms with van der Waals surface area (Å²) in [5.74, 6) is -1.57. The topological polar surface area (TPSA) is 149 Å². The molecule has 184 valence electrons. The second-order valence-electron chi connectivity index (χ2n) is 9.34. The highest BCUT2D eigenvalue weighted by atomic mass is 32.2. The number of aromatic nitrogens is 2. The van der Waals surface area contributed by atoms with Crippen molar-refractivity contribution in [3.05, 3.63) is 46.8 Å². The second-order valence-corrected chi connectivity index (χ2v) is 11.1. The van der Waals surface area contributed by atoms with E-state index < -0.39 is 46.2 Å². The number of nitriles is 1. The Kier molecular flexibility index (Phi) is 5.56. The molecule has 3 N–H and O–H groups in total. The molecule has 2 aromatic heterocycles. The molecule has 3 aliphatic rings. The smallest absolute Gasteiger partial charge is 0.272 e. The Morgan fingerprint density at radius 1 is 1.34 bits per heavy atom. The number of sulfonamides is 1. The van der Waals surface area contributed by atoms with Crippen LogP contribution in [0.15, 0.2) is 23.1 Å². The van der Waals surface area contributed by atoms with Gasteiger partial charge in [-0.25, -0.2) is 13.4 Å². The number of aliphatic hydroxyl groups is 2. The number of aliphatic hydroxyl groups excluding tert-OH is 1. The number of hydrogen-bond acceptors (Lipinski definition) is 7. The fourth-order valence-corrected chi connectivity index (χ4v) is 8.00. The molecule has 2 atom stereocenters. The zero-order valence-corrected chi connectivity index (χ0v) is 19.7. The number of amides is 1. The van der Waals surface area contributed by atoms with Crippen LogP contribution >= 0.6 is 0 Å². The zero-order chi connectivity index (χ0) is 25.1. The first-order valence-electron chi connectivity index (χ1n) is 11.2. The molecule has 2 bridgehead atoms. The molecular formula is C23H24FN5O5S. The third-order valence-corrected chi connectivity index (χ3v) is 9.23. The molecule has 2 aromatic rings. The van der Waals surface area contributed by atoms with E-state index in [0.29, 0.717) is 25.1 Å². The number of halogens is 1. The van der Waals surface area contributed by atoms with Crippen molar-refractivity contribution in [1.82, 2.24) is 13.9 Å². The van der Waals surface area contributed by atoms with Gasteiger partial charge in [-0.3, -0.25) is 4.79 Å². The van der Waals surface area contributed by atoms with Crippen molar-refractivity contribution < 1.29 is 27.8 Å². The molecule has 1 amide bonds. The summed E-state index contributed by atoms with van der Waals surface area (Å²) in [6, 6.07) is 3.04. The molecule has 2 unspecified atom stereocenters. The van der Waals surface area contributed by atoms with Gasteiger partial charge in [0.25, 0.3) is 5.91 Å². The van der Waals surface area contributed by atoms with E-state index >= 15 is 0 Å². The number of rotatable bonds is 5. The molecule has 0 radical (unpaired) electrons. The van der Waals surface area contributed by atoms with Gasteiger partial charge in [0.05, 0.1) is 17.9 Å². The van der Waals surface area contributed by atoms with E-state index in [2.05, 4.69) is 10.3 Å². The van der Waals surface area contributed by atoms with E-state index in [0.717, 1.165) is 6.07 Å². The van der Waals surface area contributed by atoms with Gasteiger partial charge < -0.3 is 20.1 Å². The molecule has 3 aliphatic heterocycles. The summed E-state index contributed by atoms with van der Waals surface area (Å²) in [6.45, 7) is 1.43. The minimum Gasteiger partial charge on any atom is -0.393 e. The molecule has 10 nitrogen and oxygen atoms in total. The second kappa shape index (κ2) is 8.23. The Balaban J connectivity index is 1.53. The van der Waals surface area contributed by atoms with E-state index in [1.165, 1.54) is 10.4 Å². The lowest BCUT2D eigenvalue weighted by Gasteiger charge is -2.42. The number of allylic oxidation sites excluding steroid dienone is 1. The summed E-state index contributed by atoms with van der Waals surface area (Å²) in [5.41, 5.74) is -0.709. The number of carbonyl (C=O) groups excluding carboxylic acids is 1. The van der Waals surface area contributed by atoms with Crippen molar-refractivity contribution >= 4 is 27.7 Å². The molecular weight excluding hydrogens is 477 g/mol. The number of fused-ring (bicyclic) bond motifs is 3. The van der Waals surface area contributed by atoms with Crippen LogP contribution in [0, 0.1) is 24.2 Å². The lowest BCUT2D eigenvalue weighted by molar-refractivity contribution is -0.0663. The monoisotopic (exact) mass is 501 g/mol. The molecule has 5 heterocycles. The number of piperidine rings is 1. The summed E-state index contributed by atoms with van der Waals surface area (Å²) >= 11 is 0. The van der Waals surface area contributed by atoms with Gasteiger partial charge in [-0.1, -0.05) is 6.08 Å². The van der Waals surface area contributed by atoms with Crippen LogP contribution in [-0.2, 0) is 16.6 Å². The van der Waals surface area contributed by atoms with Gasteiger partial charge in [-0.05, 0) is 44.7 Å². The van der Waals surface area contributed by atoms with Gasteiger partial charge in [-0.2, -0.15) is 14.0 Å². The van der Waals surface area contributed by atoms with E-state index in [1.54, 1.807) is 29.7 Å². The molecule has 12 heteroatoms. The molecule has 0 spiro atoms. The minimum atomic E-state index is -4.04. The Labute approximate surface area is 201 Å². The van der Waals surface area contributed by atoms with Crippen molar-refractivity contribution in [2.45, 2.75) is 61.7 Å². The lowest BCUT2D eigenvalue weighted by Crippen LogP contribution is -2.54. The first kappa shape index (κ1) is 23.6. The molecule has 0 saturated carbocycles. The average molecular weight is 502 g/mol. The highest BCUT2D eigenvalue weighted by Gasteiger charge is 2.53. The molecule has 2 saturated heterocycles. The van der Waals surface area contributed by atoms with Crippen LogP contribution in [-0.4, -0.2) is 62.7 Å². The summed E-state index contributed by atoms with van der Waals surface area (Å²) in [7, 11) is -4.04. The number of pyridine rings is 1. The first-order chi connectivity index (χ1) is 16.6. The van der Waals surface area contributed by atoms with Gasteiger partial charge in [-0.15, -0.1) is 0 Å². The molecule has 5 rings (SSSR count). The highest BCUT2D eigenvalue weighted by molar-refractivity contribution is 7.89. The van der Waals surface area contributed by atoms with Crippen LogP contribution < -0.4 is 5.32 Å². The molecule has 0 aromatic carbocycles. The maximum Gasteiger partial charge on any atom is 0.272 e. The summed E-state index contributed by atoms with van der Waals surface area (Å²) in [6.07, 6.45) is 4.86. The van der Waals surface area contributed by atoms with E-state index in [9.17, 15) is 27.8 Å². The predicted molar refractivity (Wildman–Crippen MR) is 122 cm³/mol. The van der Waals surface area contributed by atoms with Crippen LogP contribution in [0.3, 0.4) is 0 Å². The lowest BCUT2D eigenvalue weighted by atomic mass is 9.88. The molecule has 35 heavy (non-hydrogen) atoms. The fraction of sp³-hybridized carbons (Fsp3) is 0.435. The normalized spacial score (nSPS) is 25.5. The standard InChI is InChI=1S/C23H24FN5O5S/c1-13-20(22(31)27-14-7-15(11-25)26-19(24)8-14)28-6-2-3-18(28)21(13)35(33,34)29-16-4-5-17(29)10-23(32,9-16)12-30/h2-3,7-8,16-17,30,32H,4-6,9-10,12H2,1H3,(H,26,27,31). The summed E-state index contributed by atoms with van der Waals surface area (Å²) in [5, 5.41) is 31.8. The zero-order valence-electron chi connectivity index (χ0n) is 18.9. The van der Waals surface area contributed by atoms with Crippen molar-refractivity contribution in [3.63, 3.8) is 0 Å². The van der Waals surface area contributed by atoms with Gasteiger partial charge in [0.15, 0.2) is 0 Å². The highest BCUT2D eigenvalue weighted by Crippen LogP contribution is 2.45. The average Bonchev–Trinajstić information content (AvgIpc) is 3.44. The summed E-state index contributed by atoms with van der Waals surface area (Å²) < 4.78 is 44.7. The Hall–Kier alpha value is -3.11. The summed E-state index contributed by atoms with van der Waals surface area (Å²) in [4.78, 5) is 16.7. The van der Waals surface area contributed by atoms with Gasteiger partial charge >= 0.3 is 0 Å². The van der Waals surface area contributed by atoms with Crippen molar-refractivity contribution in [1.29, 1.82) is 5.26 Å². The Bertz CT molecular complexity index is 1400. The van der Waals surface area contributed by atoms with Crippen LogP contribution in [0.2, 0.25) is 0 Å². The third kappa shape index (κ3) is 3.75. The maximum absolute atomic E-state index is 14.0. The van der Waals surface area contributed by atoms with E-state index in [1.807, 2.05) is 0 Å². The van der Waals surface area contributed by atoms with Crippen molar-refractivity contribution in [2.75, 3.05) is 11.9 Å². The van der Waals surface area contributed by atoms with Crippen LogP contribution in [0.4, 0.5) is 10.1 Å². The number of nitrogens with one attached hydrogen (secondary N) is 1. The van der Waals surface area contributed by atoms with Crippen molar-refractivity contribution in [2.24, 2.45) is 0 Å².